The zero-order valence-corrected chi connectivity index (χ0v) is 14.8. The van der Waals surface area contributed by atoms with Gasteiger partial charge in [0, 0.05) is 38.3 Å². The van der Waals surface area contributed by atoms with Crippen molar-refractivity contribution in [3.05, 3.63) is 41.2 Å². The first-order chi connectivity index (χ1) is 11.0. The third kappa shape index (κ3) is 3.59. The van der Waals surface area contributed by atoms with Crippen LogP contribution in [0.5, 0.6) is 0 Å². The van der Waals surface area contributed by atoms with Crippen LogP contribution in [0.4, 0.5) is 5.69 Å². The molecule has 2 fully saturated rings. The molecule has 1 aromatic carbocycles. The van der Waals surface area contributed by atoms with Crippen molar-refractivity contribution < 1.29 is 0 Å². The molecule has 0 aromatic heterocycles. The van der Waals surface area contributed by atoms with Crippen molar-refractivity contribution in [2.75, 3.05) is 19.6 Å². The summed E-state index contributed by atoms with van der Waals surface area (Å²) >= 11 is 0. The number of hydrogen-bond donors (Lipinski definition) is 0. The standard InChI is InChI=1S/C20H29N3/c1-20(2,3)19-15-22(17-9-7-10-17)12-13-23(19)14-16-8-5-6-11-18(16)21-4/h5-6,8,11,17,19H,7,9-10,12-15H2,1-3H3. The molecule has 0 radical (unpaired) electrons. The predicted molar refractivity (Wildman–Crippen MR) is 95.6 cm³/mol. The summed E-state index contributed by atoms with van der Waals surface area (Å²) in [5.74, 6) is 0. The maximum atomic E-state index is 7.39. The SMILES string of the molecule is [C-]#[N+]c1ccccc1CN1CCN(C2CCC2)CC1C(C)(C)C. The van der Waals surface area contributed by atoms with E-state index in [9.17, 15) is 0 Å². The number of benzene rings is 1. The molecule has 3 heteroatoms. The van der Waals surface area contributed by atoms with Gasteiger partial charge in [-0.1, -0.05) is 51.5 Å². The Hall–Kier alpha value is -1.37. The van der Waals surface area contributed by atoms with Crippen LogP contribution in [0.15, 0.2) is 24.3 Å². The number of rotatable bonds is 3. The van der Waals surface area contributed by atoms with Gasteiger partial charge < -0.3 is 0 Å². The fourth-order valence-corrected chi connectivity index (χ4v) is 3.91. The fraction of sp³-hybridized carbons (Fsp3) is 0.650. The average Bonchev–Trinajstić information content (AvgIpc) is 2.46. The van der Waals surface area contributed by atoms with Gasteiger partial charge in [-0.25, -0.2) is 4.85 Å². The lowest BCUT2D eigenvalue weighted by Gasteiger charge is -2.51. The van der Waals surface area contributed by atoms with Crippen molar-refractivity contribution >= 4 is 5.69 Å². The first-order valence-corrected chi connectivity index (χ1v) is 8.92. The highest BCUT2D eigenvalue weighted by Crippen LogP contribution is 2.34. The second-order valence-electron chi connectivity index (χ2n) is 8.17. The molecule has 1 saturated carbocycles. The van der Waals surface area contributed by atoms with Crippen LogP contribution in [0, 0.1) is 12.0 Å². The summed E-state index contributed by atoms with van der Waals surface area (Å²) in [6.07, 6.45) is 4.18. The molecule has 0 bridgehead atoms. The molecule has 1 aliphatic carbocycles. The number of para-hydroxylation sites is 1. The van der Waals surface area contributed by atoms with E-state index in [0.29, 0.717) is 6.04 Å². The van der Waals surface area contributed by atoms with Crippen LogP contribution in [0.2, 0.25) is 0 Å². The molecular weight excluding hydrogens is 282 g/mol. The quantitative estimate of drug-likeness (QED) is 0.770. The second-order valence-corrected chi connectivity index (χ2v) is 8.17. The molecule has 1 heterocycles. The van der Waals surface area contributed by atoms with E-state index in [1.54, 1.807) is 0 Å². The van der Waals surface area contributed by atoms with Gasteiger partial charge in [0.1, 0.15) is 0 Å². The molecule has 0 N–H and O–H groups in total. The lowest BCUT2D eigenvalue weighted by Crippen LogP contribution is -2.60. The van der Waals surface area contributed by atoms with Gasteiger partial charge in [-0.2, -0.15) is 0 Å². The van der Waals surface area contributed by atoms with Gasteiger partial charge in [-0.05, 0) is 23.8 Å². The summed E-state index contributed by atoms with van der Waals surface area (Å²) in [7, 11) is 0. The maximum Gasteiger partial charge on any atom is 0.191 e. The van der Waals surface area contributed by atoms with Crippen LogP contribution >= 0.6 is 0 Å². The van der Waals surface area contributed by atoms with Gasteiger partial charge in [0.25, 0.3) is 0 Å². The van der Waals surface area contributed by atoms with E-state index in [-0.39, 0.29) is 5.41 Å². The first-order valence-electron chi connectivity index (χ1n) is 8.92. The van der Waals surface area contributed by atoms with E-state index < -0.39 is 0 Å². The topological polar surface area (TPSA) is 10.8 Å². The first kappa shape index (κ1) is 16.5. The molecule has 2 aliphatic rings. The van der Waals surface area contributed by atoms with E-state index in [4.69, 9.17) is 6.57 Å². The summed E-state index contributed by atoms with van der Waals surface area (Å²) in [4.78, 5) is 9.03. The Morgan fingerprint density at radius 3 is 2.52 bits per heavy atom. The van der Waals surface area contributed by atoms with Crippen molar-refractivity contribution in [2.24, 2.45) is 5.41 Å². The van der Waals surface area contributed by atoms with E-state index in [1.165, 1.54) is 37.9 Å². The number of piperazine rings is 1. The maximum absolute atomic E-state index is 7.39. The van der Waals surface area contributed by atoms with Crippen LogP contribution in [-0.2, 0) is 6.54 Å². The van der Waals surface area contributed by atoms with Crippen LogP contribution in [-0.4, -0.2) is 41.5 Å². The Kier molecular flexibility index (Phi) is 4.75. The largest absolute Gasteiger partial charge is 0.298 e. The van der Waals surface area contributed by atoms with E-state index in [2.05, 4.69) is 47.5 Å². The third-order valence-corrected chi connectivity index (χ3v) is 5.60. The summed E-state index contributed by atoms with van der Waals surface area (Å²) in [5, 5.41) is 0. The van der Waals surface area contributed by atoms with Crippen molar-refractivity contribution in [2.45, 2.75) is 58.7 Å². The van der Waals surface area contributed by atoms with Crippen molar-refractivity contribution in [1.82, 2.24) is 9.80 Å². The summed E-state index contributed by atoms with van der Waals surface area (Å²) < 4.78 is 0. The Morgan fingerprint density at radius 1 is 1.17 bits per heavy atom. The number of hydrogen-bond acceptors (Lipinski definition) is 2. The molecule has 1 unspecified atom stereocenters. The van der Waals surface area contributed by atoms with Gasteiger partial charge >= 0.3 is 0 Å². The normalized spacial score (nSPS) is 24.2. The molecular formula is C20H29N3. The van der Waals surface area contributed by atoms with Crippen molar-refractivity contribution in [3.8, 4) is 0 Å². The molecule has 0 spiro atoms. The molecule has 1 aromatic rings. The predicted octanol–water partition coefficient (Wildman–Crippen LogP) is 4.32. The lowest BCUT2D eigenvalue weighted by molar-refractivity contribution is -0.0208. The summed E-state index contributed by atoms with van der Waals surface area (Å²) in [6, 6.07) is 9.46. The molecule has 3 rings (SSSR count). The monoisotopic (exact) mass is 311 g/mol. The third-order valence-electron chi connectivity index (χ3n) is 5.60. The lowest BCUT2D eigenvalue weighted by atomic mass is 9.82. The van der Waals surface area contributed by atoms with Crippen LogP contribution in [0.3, 0.4) is 0 Å². The molecule has 124 valence electrons. The molecule has 1 atom stereocenters. The molecule has 0 amide bonds. The van der Waals surface area contributed by atoms with Gasteiger partial charge in [-0.3, -0.25) is 9.80 Å². The van der Waals surface area contributed by atoms with Gasteiger partial charge in [-0.15, -0.1) is 0 Å². The smallest absolute Gasteiger partial charge is 0.191 e. The minimum atomic E-state index is 0.259. The Balaban J connectivity index is 1.76. The molecule has 1 aliphatic heterocycles. The zero-order valence-electron chi connectivity index (χ0n) is 14.8. The molecule has 1 saturated heterocycles. The summed E-state index contributed by atoms with van der Waals surface area (Å²) in [6.45, 7) is 18.8. The minimum Gasteiger partial charge on any atom is -0.298 e. The molecule has 3 nitrogen and oxygen atoms in total. The molecule has 23 heavy (non-hydrogen) atoms. The fourth-order valence-electron chi connectivity index (χ4n) is 3.91. The van der Waals surface area contributed by atoms with Crippen molar-refractivity contribution in [3.63, 3.8) is 0 Å². The van der Waals surface area contributed by atoms with Crippen LogP contribution in [0.1, 0.15) is 45.6 Å². The van der Waals surface area contributed by atoms with Gasteiger partial charge in [0.05, 0.1) is 6.57 Å². The zero-order chi connectivity index (χ0) is 16.4. The summed E-state index contributed by atoms with van der Waals surface area (Å²) in [5.41, 5.74) is 2.24. The van der Waals surface area contributed by atoms with Gasteiger partial charge in [0.2, 0.25) is 0 Å². The highest BCUT2D eigenvalue weighted by molar-refractivity contribution is 5.51. The second kappa shape index (κ2) is 6.63. The van der Waals surface area contributed by atoms with E-state index in [1.807, 2.05) is 12.1 Å². The number of nitrogens with zero attached hydrogens (tertiary/aromatic N) is 3. The van der Waals surface area contributed by atoms with Crippen LogP contribution in [0.25, 0.3) is 4.85 Å². The Labute approximate surface area is 141 Å². The highest BCUT2D eigenvalue weighted by Gasteiger charge is 2.38. The van der Waals surface area contributed by atoms with Crippen LogP contribution < -0.4 is 0 Å². The average molecular weight is 311 g/mol. The Bertz CT molecular complexity index is 577. The van der Waals surface area contributed by atoms with Crippen molar-refractivity contribution in [1.29, 1.82) is 0 Å². The van der Waals surface area contributed by atoms with E-state index in [0.717, 1.165) is 24.8 Å². The van der Waals surface area contributed by atoms with Gasteiger partial charge in [0.15, 0.2) is 5.69 Å². The minimum absolute atomic E-state index is 0.259. The van der Waals surface area contributed by atoms with E-state index >= 15 is 0 Å². The Morgan fingerprint density at radius 2 is 1.91 bits per heavy atom. The highest BCUT2D eigenvalue weighted by atomic mass is 15.3.